The Bertz CT molecular complexity index is 571. The van der Waals surface area contributed by atoms with Gasteiger partial charge >= 0.3 is 0 Å². The summed E-state index contributed by atoms with van der Waals surface area (Å²) in [7, 11) is 1.61. The molecule has 3 rings (SSSR count). The van der Waals surface area contributed by atoms with Crippen molar-refractivity contribution in [2.45, 2.75) is 31.7 Å². The number of methoxy groups -OCH3 is 1. The van der Waals surface area contributed by atoms with Crippen LogP contribution < -0.4 is 0 Å². The standard InChI is InChI=1S/C19H26N2O3/c1-24-11-10-20-14-18(22)21(13-16-8-5-9-16)17(19(20)23)12-15-6-3-2-4-7-15/h2-4,6-7,16-17H,5,8-14H2,1H3/t17-/m1/s1. The molecule has 1 aliphatic carbocycles. The first kappa shape index (κ1) is 17.0. The molecular formula is C19H26N2O3. The number of hydrogen-bond acceptors (Lipinski definition) is 3. The second-order valence-corrected chi connectivity index (χ2v) is 6.80. The van der Waals surface area contributed by atoms with Crippen molar-refractivity contribution in [2.24, 2.45) is 5.92 Å². The Balaban J connectivity index is 1.77. The lowest BCUT2D eigenvalue weighted by molar-refractivity contribution is -0.157. The van der Waals surface area contributed by atoms with Gasteiger partial charge in [0.15, 0.2) is 0 Å². The smallest absolute Gasteiger partial charge is 0.246 e. The van der Waals surface area contributed by atoms with Crippen LogP contribution in [0.15, 0.2) is 30.3 Å². The molecule has 1 aliphatic heterocycles. The number of carbonyl (C=O) groups is 2. The van der Waals surface area contributed by atoms with E-state index in [1.165, 1.54) is 19.3 Å². The second-order valence-electron chi connectivity index (χ2n) is 6.80. The summed E-state index contributed by atoms with van der Waals surface area (Å²) in [6.07, 6.45) is 4.17. The maximum Gasteiger partial charge on any atom is 0.246 e. The molecule has 0 spiro atoms. The van der Waals surface area contributed by atoms with E-state index in [4.69, 9.17) is 4.74 Å². The molecule has 1 aromatic carbocycles. The number of ether oxygens (including phenoxy) is 1. The normalized spacial score (nSPS) is 22.0. The molecule has 0 radical (unpaired) electrons. The lowest BCUT2D eigenvalue weighted by Crippen LogP contribution is -2.62. The Morgan fingerprint density at radius 1 is 1.17 bits per heavy atom. The molecule has 2 amide bonds. The van der Waals surface area contributed by atoms with Crippen LogP contribution in [0.25, 0.3) is 0 Å². The van der Waals surface area contributed by atoms with Crippen LogP contribution in [-0.2, 0) is 20.7 Å². The third-order valence-electron chi connectivity index (χ3n) is 5.14. The van der Waals surface area contributed by atoms with Gasteiger partial charge in [0, 0.05) is 26.6 Å². The molecule has 0 bridgehead atoms. The maximum atomic E-state index is 13.0. The van der Waals surface area contributed by atoms with E-state index in [1.54, 1.807) is 12.0 Å². The molecule has 5 heteroatoms. The number of piperazine rings is 1. The van der Waals surface area contributed by atoms with Crippen molar-refractivity contribution in [3.8, 4) is 0 Å². The van der Waals surface area contributed by atoms with E-state index in [0.29, 0.717) is 25.5 Å². The van der Waals surface area contributed by atoms with Gasteiger partial charge in [0.25, 0.3) is 0 Å². The van der Waals surface area contributed by atoms with E-state index in [1.807, 2.05) is 35.2 Å². The Morgan fingerprint density at radius 2 is 1.92 bits per heavy atom. The molecule has 1 aromatic rings. The highest BCUT2D eigenvalue weighted by Crippen LogP contribution is 2.29. The van der Waals surface area contributed by atoms with Crippen LogP contribution in [0.1, 0.15) is 24.8 Å². The third-order valence-corrected chi connectivity index (χ3v) is 5.14. The zero-order chi connectivity index (χ0) is 16.9. The lowest BCUT2D eigenvalue weighted by atomic mass is 9.84. The van der Waals surface area contributed by atoms with Crippen LogP contribution >= 0.6 is 0 Å². The van der Waals surface area contributed by atoms with Gasteiger partial charge in [0.05, 0.1) is 13.2 Å². The number of amides is 2. The van der Waals surface area contributed by atoms with E-state index in [2.05, 4.69) is 0 Å². The molecule has 5 nitrogen and oxygen atoms in total. The molecule has 1 saturated carbocycles. The van der Waals surface area contributed by atoms with Gasteiger partial charge in [0.1, 0.15) is 6.04 Å². The predicted molar refractivity (Wildman–Crippen MR) is 91.4 cm³/mol. The van der Waals surface area contributed by atoms with Crippen LogP contribution in [0.4, 0.5) is 0 Å². The fraction of sp³-hybridized carbons (Fsp3) is 0.579. The van der Waals surface area contributed by atoms with Gasteiger partial charge in [0.2, 0.25) is 11.8 Å². The molecule has 24 heavy (non-hydrogen) atoms. The first-order valence-electron chi connectivity index (χ1n) is 8.80. The Labute approximate surface area is 143 Å². The summed E-state index contributed by atoms with van der Waals surface area (Å²) in [6, 6.07) is 9.58. The minimum atomic E-state index is -0.383. The SMILES string of the molecule is COCCN1CC(=O)N(CC2CCC2)[C@H](Cc2ccccc2)C1=O. The van der Waals surface area contributed by atoms with Crippen molar-refractivity contribution in [2.75, 3.05) is 33.4 Å². The van der Waals surface area contributed by atoms with Crippen LogP contribution in [0.2, 0.25) is 0 Å². The van der Waals surface area contributed by atoms with Gasteiger partial charge in [-0.1, -0.05) is 36.8 Å². The maximum absolute atomic E-state index is 13.0. The highest BCUT2D eigenvalue weighted by molar-refractivity contribution is 5.95. The number of hydrogen-bond donors (Lipinski definition) is 0. The molecule has 1 heterocycles. The van der Waals surface area contributed by atoms with E-state index < -0.39 is 0 Å². The van der Waals surface area contributed by atoms with E-state index in [0.717, 1.165) is 12.1 Å². The van der Waals surface area contributed by atoms with Gasteiger partial charge in [-0.2, -0.15) is 0 Å². The average Bonchev–Trinajstić information content (AvgIpc) is 2.55. The quantitative estimate of drug-likeness (QED) is 0.765. The summed E-state index contributed by atoms with van der Waals surface area (Å²) in [5, 5.41) is 0. The number of rotatable bonds is 7. The largest absolute Gasteiger partial charge is 0.383 e. The fourth-order valence-electron chi connectivity index (χ4n) is 3.46. The molecule has 2 fully saturated rings. The van der Waals surface area contributed by atoms with Gasteiger partial charge in [-0.15, -0.1) is 0 Å². The molecule has 0 unspecified atom stereocenters. The second kappa shape index (κ2) is 7.79. The topological polar surface area (TPSA) is 49.9 Å². The highest BCUT2D eigenvalue weighted by atomic mass is 16.5. The molecule has 130 valence electrons. The van der Waals surface area contributed by atoms with Gasteiger partial charge in [-0.25, -0.2) is 0 Å². The predicted octanol–water partition coefficient (Wildman–Crippen LogP) is 1.71. The van der Waals surface area contributed by atoms with Gasteiger partial charge < -0.3 is 14.5 Å². The summed E-state index contributed by atoms with van der Waals surface area (Å²) >= 11 is 0. The number of carbonyl (C=O) groups excluding carboxylic acids is 2. The average molecular weight is 330 g/mol. The zero-order valence-corrected chi connectivity index (χ0v) is 14.3. The van der Waals surface area contributed by atoms with Crippen molar-refractivity contribution < 1.29 is 14.3 Å². The van der Waals surface area contributed by atoms with E-state index >= 15 is 0 Å². The fourth-order valence-corrected chi connectivity index (χ4v) is 3.46. The molecule has 0 N–H and O–H groups in total. The molecular weight excluding hydrogens is 304 g/mol. The van der Waals surface area contributed by atoms with Crippen LogP contribution in [-0.4, -0.2) is 61.0 Å². The summed E-state index contributed by atoms with van der Waals surface area (Å²) in [6.45, 7) is 1.84. The Hall–Kier alpha value is -1.88. The monoisotopic (exact) mass is 330 g/mol. The van der Waals surface area contributed by atoms with E-state index in [-0.39, 0.29) is 24.4 Å². The van der Waals surface area contributed by atoms with Crippen LogP contribution in [0.5, 0.6) is 0 Å². The summed E-state index contributed by atoms with van der Waals surface area (Å²) in [4.78, 5) is 29.1. The van der Waals surface area contributed by atoms with E-state index in [9.17, 15) is 9.59 Å². The van der Waals surface area contributed by atoms with Crippen molar-refractivity contribution in [3.05, 3.63) is 35.9 Å². The molecule has 2 aliphatic rings. The third kappa shape index (κ3) is 3.78. The first-order chi connectivity index (χ1) is 11.7. The number of nitrogens with zero attached hydrogens (tertiary/aromatic N) is 2. The number of benzene rings is 1. The van der Waals surface area contributed by atoms with Crippen LogP contribution in [0.3, 0.4) is 0 Å². The summed E-state index contributed by atoms with van der Waals surface area (Å²) in [5.41, 5.74) is 1.09. The van der Waals surface area contributed by atoms with Crippen LogP contribution in [0, 0.1) is 5.92 Å². The molecule has 1 saturated heterocycles. The van der Waals surface area contributed by atoms with Crippen molar-refractivity contribution in [3.63, 3.8) is 0 Å². The first-order valence-corrected chi connectivity index (χ1v) is 8.80. The molecule has 1 atom stereocenters. The summed E-state index contributed by atoms with van der Waals surface area (Å²) in [5.74, 6) is 0.680. The van der Waals surface area contributed by atoms with Crippen molar-refractivity contribution in [1.82, 2.24) is 9.80 Å². The van der Waals surface area contributed by atoms with Gasteiger partial charge in [-0.05, 0) is 24.3 Å². The molecule has 0 aromatic heterocycles. The van der Waals surface area contributed by atoms with Gasteiger partial charge in [-0.3, -0.25) is 9.59 Å². The summed E-state index contributed by atoms with van der Waals surface area (Å²) < 4.78 is 5.08. The minimum absolute atomic E-state index is 0.0508. The highest BCUT2D eigenvalue weighted by Gasteiger charge is 2.40. The Morgan fingerprint density at radius 3 is 2.54 bits per heavy atom. The minimum Gasteiger partial charge on any atom is -0.383 e. The van der Waals surface area contributed by atoms with Crippen molar-refractivity contribution in [1.29, 1.82) is 0 Å². The van der Waals surface area contributed by atoms with Crippen molar-refractivity contribution >= 4 is 11.8 Å². The zero-order valence-electron chi connectivity index (χ0n) is 14.3. The Kier molecular flexibility index (Phi) is 5.51. The lowest BCUT2D eigenvalue weighted by Gasteiger charge is -2.43.